The minimum absolute atomic E-state index is 0.115. The van der Waals surface area contributed by atoms with E-state index >= 15 is 0 Å². The van der Waals surface area contributed by atoms with Crippen LogP contribution in [-0.2, 0) is 9.53 Å². The summed E-state index contributed by atoms with van der Waals surface area (Å²) in [5.41, 5.74) is 7.97. The fraction of sp³-hybridized carbons (Fsp3) is 0.424. The van der Waals surface area contributed by atoms with E-state index in [1.54, 1.807) is 6.92 Å². The molecule has 0 spiro atoms. The molecule has 43 heavy (non-hydrogen) atoms. The van der Waals surface area contributed by atoms with Crippen molar-refractivity contribution in [3.8, 4) is 0 Å². The number of carboxylic acids is 1. The number of aromatic amines is 2. The summed E-state index contributed by atoms with van der Waals surface area (Å²) in [4.78, 5) is 54.9. The van der Waals surface area contributed by atoms with Crippen LogP contribution in [0.25, 0.3) is 22.2 Å². The van der Waals surface area contributed by atoms with E-state index in [1.807, 2.05) is 39.0 Å². The van der Waals surface area contributed by atoms with Gasteiger partial charge in [-0.2, -0.15) is 0 Å². The molecule has 2 aromatic rings. The van der Waals surface area contributed by atoms with E-state index in [4.69, 9.17) is 14.7 Å². The zero-order valence-electron chi connectivity index (χ0n) is 25.2. The van der Waals surface area contributed by atoms with E-state index < -0.39 is 29.9 Å². The van der Waals surface area contributed by atoms with Gasteiger partial charge in [-0.05, 0) is 62.9 Å². The molecule has 0 saturated carbocycles. The third-order valence-corrected chi connectivity index (χ3v) is 9.55. The van der Waals surface area contributed by atoms with Gasteiger partial charge in [0, 0.05) is 58.3 Å². The van der Waals surface area contributed by atoms with Gasteiger partial charge in [-0.15, -0.1) is 0 Å². The SMILES string of the molecule is CC[C@H]1c2cc3[nH]c4c(c5nc(cc6nc(cc([nH]2)[C@@H]1C)C(C(C)O)=C6C)[C@@H](C)[C@@H]5CCC(=O)O)C(=O)OC(=O)c4c3C. The molecule has 4 aliphatic rings. The van der Waals surface area contributed by atoms with Crippen molar-refractivity contribution in [3.05, 3.63) is 69.1 Å². The highest BCUT2D eigenvalue weighted by atomic mass is 16.6. The molecule has 0 amide bonds. The minimum Gasteiger partial charge on any atom is -0.481 e. The van der Waals surface area contributed by atoms with Gasteiger partial charge in [0.15, 0.2) is 0 Å². The quantitative estimate of drug-likeness (QED) is 0.245. The van der Waals surface area contributed by atoms with E-state index in [9.17, 15) is 24.6 Å². The van der Waals surface area contributed by atoms with Crippen molar-refractivity contribution in [1.29, 1.82) is 0 Å². The Morgan fingerprint density at radius 3 is 2.37 bits per heavy atom. The highest BCUT2D eigenvalue weighted by Crippen LogP contribution is 2.45. The number of rotatable bonds is 5. The van der Waals surface area contributed by atoms with Gasteiger partial charge in [-0.25, -0.2) is 14.6 Å². The van der Waals surface area contributed by atoms with Crippen LogP contribution in [0.15, 0.2) is 18.2 Å². The summed E-state index contributed by atoms with van der Waals surface area (Å²) in [6, 6.07) is 5.85. The van der Waals surface area contributed by atoms with Crippen molar-refractivity contribution in [2.24, 2.45) is 0 Å². The number of aryl methyl sites for hydroxylation is 1. The number of aliphatic carboxylic acids is 1. The minimum atomic E-state index is -0.950. The molecule has 8 bridgehead atoms. The molecule has 6 heterocycles. The lowest BCUT2D eigenvalue weighted by Crippen LogP contribution is -2.21. The molecule has 1 unspecified atom stereocenters. The summed E-state index contributed by atoms with van der Waals surface area (Å²) in [5.74, 6) is -2.84. The number of esters is 2. The summed E-state index contributed by atoms with van der Waals surface area (Å²) >= 11 is 0. The van der Waals surface area contributed by atoms with Gasteiger partial charge in [0.25, 0.3) is 0 Å². The number of carboxylic acid groups (broad SMARTS) is 1. The Morgan fingerprint density at radius 1 is 0.977 bits per heavy atom. The maximum absolute atomic E-state index is 13.4. The molecule has 0 radical (unpaired) electrons. The van der Waals surface area contributed by atoms with Gasteiger partial charge in [0.05, 0.1) is 34.3 Å². The number of carbonyl (C=O) groups is 3. The van der Waals surface area contributed by atoms with Gasteiger partial charge >= 0.3 is 17.9 Å². The second-order valence-electron chi connectivity index (χ2n) is 12.1. The van der Waals surface area contributed by atoms with Crippen LogP contribution in [0.5, 0.6) is 0 Å². The Labute approximate surface area is 248 Å². The number of hydrogen-bond donors (Lipinski definition) is 4. The first-order valence-corrected chi connectivity index (χ1v) is 14.8. The number of H-pyrrole nitrogens is 2. The standard InChI is InChI=1S/C33H36N4O6/c1-7-18-13(2)20-12-25-27(17(6)38)15(4)22(35-25)10-21-14(3)19(8-9-26(39)40)30(36-21)29-31-28(32(41)43-33(29)42)16(5)23(37-31)11-24(18)34-20/h10-14,17-19,34,37-38H,7-9H2,1-6H3,(H,39,40)/t13-,14+,17?,18-,19+/m1/s1. The normalized spacial score (nSPS) is 22.9. The average Bonchev–Trinajstić information content (AvgIpc) is 3.61. The lowest BCUT2D eigenvalue weighted by molar-refractivity contribution is -0.137. The van der Waals surface area contributed by atoms with Crippen LogP contribution in [0.2, 0.25) is 0 Å². The largest absolute Gasteiger partial charge is 0.481 e. The predicted octanol–water partition coefficient (Wildman–Crippen LogP) is 6.02. The molecule has 10 nitrogen and oxygen atoms in total. The van der Waals surface area contributed by atoms with Gasteiger partial charge in [-0.1, -0.05) is 20.8 Å². The Hall–Kier alpha value is -4.31. The molecular formula is C33H36N4O6. The van der Waals surface area contributed by atoms with Crippen molar-refractivity contribution in [2.75, 3.05) is 0 Å². The molecule has 4 N–H and O–H groups in total. The van der Waals surface area contributed by atoms with Crippen molar-refractivity contribution in [2.45, 2.75) is 90.6 Å². The Kier molecular flexibility index (Phi) is 7.00. The number of nitrogens with one attached hydrogen (secondary N) is 2. The summed E-state index contributed by atoms with van der Waals surface area (Å²) in [6.07, 6.45) is 0.236. The van der Waals surface area contributed by atoms with Gasteiger partial charge < -0.3 is 24.9 Å². The molecular weight excluding hydrogens is 548 g/mol. The molecule has 2 aromatic heterocycles. The highest BCUT2D eigenvalue weighted by Gasteiger charge is 2.39. The second-order valence-corrected chi connectivity index (χ2v) is 12.1. The van der Waals surface area contributed by atoms with Crippen molar-refractivity contribution in [1.82, 2.24) is 19.9 Å². The monoisotopic (exact) mass is 584 g/mol. The Morgan fingerprint density at radius 2 is 1.70 bits per heavy atom. The number of aliphatic hydroxyl groups excluding tert-OH is 1. The number of aromatic nitrogens is 4. The number of cyclic esters (lactones) is 2. The zero-order valence-corrected chi connectivity index (χ0v) is 25.2. The van der Waals surface area contributed by atoms with Crippen molar-refractivity contribution >= 4 is 40.1 Å². The van der Waals surface area contributed by atoms with Gasteiger partial charge in [0.2, 0.25) is 0 Å². The molecule has 0 aliphatic carbocycles. The average molecular weight is 585 g/mol. The molecule has 6 rings (SSSR count). The van der Waals surface area contributed by atoms with Crippen LogP contribution in [0.4, 0.5) is 0 Å². The highest BCUT2D eigenvalue weighted by molar-refractivity contribution is 6.18. The number of nitrogens with zero attached hydrogens (tertiary/aromatic N) is 2. The molecule has 5 atom stereocenters. The third-order valence-electron chi connectivity index (χ3n) is 9.55. The summed E-state index contributed by atoms with van der Waals surface area (Å²) in [7, 11) is 0. The third kappa shape index (κ3) is 4.55. The van der Waals surface area contributed by atoms with Crippen LogP contribution < -0.4 is 0 Å². The predicted molar refractivity (Wildman–Crippen MR) is 160 cm³/mol. The first kappa shape index (κ1) is 28.8. The maximum Gasteiger partial charge on any atom is 0.350 e. The summed E-state index contributed by atoms with van der Waals surface area (Å²) < 4.78 is 5.26. The smallest absolute Gasteiger partial charge is 0.350 e. The summed E-state index contributed by atoms with van der Waals surface area (Å²) in [6.45, 7) is 11.7. The fourth-order valence-corrected chi connectivity index (χ4v) is 7.13. The first-order valence-electron chi connectivity index (χ1n) is 14.8. The number of aliphatic hydroxyl groups is 1. The number of fused-ring (bicyclic) bond motifs is 8. The Bertz CT molecular complexity index is 1810. The number of allylic oxidation sites excluding steroid dienone is 1. The molecule has 0 saturated heterocycles. The van der Waals surface area contributed by atoms with Crippen molar-refractivity contribution < 1.29 is 29.3 Å². The zero-order chi connectivity index (χ0) is 30.9. The molecule has 224 valence electrons. The van der Waals surface area contributed by atoms with Crippen LogP contribution in [0.1, 0.15) is 138 Å². The van der Waals surface area contributed by atoms with Crippen molar-refractivity contribution in [3.63, 3.8) is 0 Å². The van der Waals surface area contributed by atoms with Gasteiger partial charge in [-0.3, -0.25) is 9.78 Å². The van der Waals surface area contributed by atoms with Gasteiger partial charge in [0.1, 0.15) is 5.56 Å². The van der Waals surface area contributed by atoms with E-state index in [1.165, 1.54) is 0 Å². The molecule has 0 aromatic carbocycles. The fourth-order valence-electron chi connectivity index (χ4n) is 7.13. The molecule has 0 fully saturated rings. The molecule has 10 heteroatoms. The maximum atomic E-state index is 13.4. The van der Waals surface area contributed by atoms with E-state index in [0.717, 1.165) is 29.0 Å². The topological polar surface area (TPSA) is 158 Å². The van der Waals surface area contributed by atoms with Crippen LogP contribution in [0, 0.1) is 6.92 Å². The van der Waals surface area contributed by atoms with Crippen LogP contribution in [0.3, 0.4) is 0 Å². The lowest BCUT2D eigenvalue weighted by Gasteiger charge is -2.18. The summed E-state index contributed by atoms with van der Waals surface area (Å²) in [5, 5.41) is 20.3. The van der Waals surface area contributed by atoms with E-state index in [0.29, 0.717) is 39.4 Å². The van der Waals surface area contributed by atoms with Crippen LogP contribution >= 0.6 is 0 Å². The van der Waals surface area contributed by atoms with Crippen LogP contribution in [-0.4, -0.2) is 54.2 Å². The van der Waals surface area contributed by atoms with E-state index in [-0.39, 0.29) is 41.7 Å². The Balaban J connectivity index is 1.78. The molecule has 4 aliphatic heterocycles. The first-order chi connectivity index (χ1) is 20.4. The second kappa shape index (κ2) is 10.4. The lowest BCUT2D eigenvalue weighted by atomic mass is 9.85. The number of ether oxygens (including phenoxy) is 1. The number of carbonyl (C=O) groups excluding carboxylic acids is 2. The number of hydrogen-bond acceptors (Lipinski definition) is 7. The van der Waals surface area contributed by atoms with E-state index in [2.05, 4.69) is 23.8 Å².